The molecule has 1 fully saturated rings. The Morgan fingerprint density at radius 2 is 2.06 bits per heavy atom. The Hall–Kier alpha value is -1.29. The zero-order chi connectivity index (χ0) is 13.6. The fourth-order valence-electron chi connectivity index (χ4n) is 2.64. The van der Waals surface area contributed by atoms with Crippen LogP contribution in [-0.4, -0.2) is 23.2 Å². The molecule has 1 saturated heterocycles. The molecule has 4 nitrogen and oxygen atoms in total. The van der Waals surface area contributed by atoms with E-state index in [4.69, 9.17) is 9.15 Å². The number of amides is 1. The molecule has 0 saturated carbocycles. The Morgan fingerprint density at radius 3 is 2.50 bits per heavy atom. The summed E-state index contributed by atoms with van der Waals surface area (Å²) in [7, 11) is 0. The number of hydrogen-bond donors (Lipinski definition) is 1. The van der Waals surface area contributed by atoms with Gasteiger partial charge in [0.25, 0.3) is 5.91 Å². The van der Waals surface area contributed by atoms with E-state index in [9.17, 15) is 4.79 Å². The zero-order valence-corrected chi connectivity index (χ0v) is 11.7. The Labute approximate surface area is 108 Å². The first-order valence-electron chi connectivity index (χ1n) is 6.26. The fourth-order valence-corrected chi connectivity index (χ4v) is 2.64. The molecule has 1 amide bonds. The van der Waals surface area contributed by atoms with Gasteiger partial charge in [0, 0.05) is 0 Å². The van der Waals surface area contributed by atoms with E-state index < -0.39 is 0 Å². The molecule has 0 aromatic carbocycles. The normalized spacial score (nSPS) is 25.1. The predicted molar refractivity (Wildman–Crippen MR) is 68.6 cm³/mol. The van der Waals surface area contributed by atoms with Crippen LogP contribution in [0, 0.1) is 6.92 Å². The molecule has 1 atom stereocenters. The van der Waals surface area contributed by atoms with Crippen molar-refractivity contribution in [2.45, 2.75) is 58.3 Å². The molecule has 2 rings (SSSR count). The van der Waals surface area contributed by atoms with Crippen molar-refractivity contribution in [3.63, 3.8) is 0 Å². The lowest BCUT2D eigenvalue weighted by atomic mass is 9.94. The van der Waals surface area contributed by atoms with Gasteiger partial charge in [0.05, 0.1) is 29.1 Å². The average Bonchev–Trinajstić information content (AvgIpc) is 2.68. The van der Waals surface area contributed by atoms with E-state index in [-0.39, 0.29) is 23.2 Å². The van der Waals surface area contributed by atoms with Gasteiger partial charge in [0.1, 0.15) is 5.76 Å². The molecular formula is C14H21NO3. The summed E-state index contributed by atoms with van der Waals surface area (Å²) in [4.78, 5) is 12.2. The van der Waals surface area contributed by atoms with Crippen molar-refractivity contribution >= 4 is 5.91 Å². The van der Waals surface area contributed by atoms with E-state index in [1.807, 2.05) is 27.7 Å². The van der Waals surface area contributed by atoms with E-state index >= 15 is 0 Å². The van der Waals surface area contributed by atoms with E-state index in [0.29, 0.717) is 11.3 Å². The monoisotopic (exact) mass is 251 g/mol. The highest BCUT2D eigenvalue weighted by Crippen LogP contribution is 2.37. The van der Waals surface area contributed by atoms with E-state index in [1.54, 1.807) is 13.0 Å². The topological polar surface area (TPSA) is 51.5 Å². The van der Waals surface area contributed by atoms with Gasteiger partial charge in [-0.15, -0.1) is 0 Å². The van der Waals surface area contributed by atoms with E-state index in [2.05, 4.69) is 5.32 Å². The molecule has 1 unspecified atom stereocenters. The Balaban J connectivity index is 2.11. The van der Waals surface area contributed by atoms with Gasteiger partial charge in [-0.05, 0) is 47.1 Å². The first-order valence-corrected chi connectivity index (χ1v) is 6.26. The maximum atomic E-state index is 12.2. The van der Waals surface area contributed by atoms with Gasteiger partial charge < -0.3 is 14.5 Å². The lowest BCUT2D eigenvalue weighted by molar-refractivity contribution is -0.0693. The molecule has 18 heavy (non-hydrogen) atoms. The summed E-state index contributed by atoms with van der Waals surface area (Å²) in [6, 6.07) is 1.70. The minimum absolute atomic E-state index is 0.00861. The maximum Gasteiger partial charge on any atom is 0.255 e. The number of hydrogen-bond acceptors (Lipinski definition) is 3. The van der Waals surface area contributed by atoms with Gasteiger partial charge >= 0.3 is 0 Å². The average molecular weight is 251 g/mol. The number of nitrogens with one attached hydrogen (secondary N) is 1. The fraction of sp³-hybridized carbons (Fsp3) is 0.643. The second-order valence-corrected chi connectivity index (χ2v) is 6.09. The summed E-state index contributed by atoms with van der Waals surface area (Å²) >= 11 is 0. The van der Waals surface area contributed by atoms with E-state index in [0.717, 1.165) is 6.42 Å². The third kappa shape index (κ3) is 2.43. The molecule has 1 N–H and O–H groups in total. The second kappa shape index (κ2) is 4.12. The van der Waals surface area contributed by atoms with Gasteiger partial charge in [-0.3, -0.25) is 4.79 Å². The van der Waals surface area contributed by atoms with Crippen molar-refractivity contribution in [2.75, 3.05) is 0 Å². The van der Waals surface area contributed by atoms with Crippen LogP contribution >= 0.6 is 0 Å². The molecule has 0 radical (unpaired) electrons. The van der Waals surface area contributed by atoms with Gasteiger partial charge in [-0.2, -0.15) is 0 Å². The van der Waals surface area contributed by atoms with Crippen LogP contribution in [0.2, 0.25) is 0 Å². The Morgan fingerprint density at radius 1 is 1.39 bits per heavy atom. The smallest absolute Gasteiger partial charge is 0.255 e. The molecule has 1 aromatic heterocycles. The number of rotatable bonds is 2. The Bertz CT molecular complexity index is 459. The number of carbonyl (C=O) groups excluding carboxylic acids is 1. The predicted octanol–water partition coefficient (Wildman–Crippen LogP) is 2.66. The van der Waals surface area contributed by atoms with Crippen molar-refractivity contribution in [1.82, 2.24) is 5.32 Å². The molecule has 0 spiro atoms. The van der Waals surface area contributed by atoms with Crippen LogP contribution in [0.3, 0.4) is 0 Å². The van der Waals surface area contributed by atoms with E-state index in [1.165, 1.54) is 6.26 Å². The van der Waals surface area contributed by atoms with Crippen LogP contribution in [-0.2, 0) is 4.74 Å². The summed E-state index contributed by atoms with van der Waals surface area (Å²) in [5.41, 5.74) is 0.0412. The van der Waals surface area contributed by atoms with Crippen LogP contribution in [0.15, 0.2) is 16.7 Å². The van der Waals surface area contributed by atoms with Crippen molar-refractivity contribution in [1.29, 1.82) is 0 Å². The van der Waals surface area contributed by atoms with Crippen LogP contribution in [0.5, 0.6) is 0 Å². The highest BCUT2D eigenvalue weighted by atomic mass is 16.5. The molecule has 2 heterocycles. The summed E-state index contributed by atoms with van der Waals surface area (Å²) < 4.78 is 11.1. The van der Waals surface area contributed by atoms with Crippen LogP contribution < -0.4 is 5.32 Å². The SMILES string of the molecule is Cc1occc1C(=O)NC1CC(C)(C)OC1(C)C. The number of carbonyl (C=O) groups is 1. The molecule has 0 bridgehead atoms. The third-order valence-electron chi connectivity index (χ3n) is 3.48. The largest absolute Gasteiger partial charge is 0.469 e. The molecule has 0 aliphatic carbocycles. The van der Waals surface area contributed by atoms with Gasteiger partial charge in [0.2, 0.25) is 0 Å². The van der Waals surface area contributed by atoms with Crippen LogP contribution in [0.25, 0.3) is 0 Å². The quantitative estimate of drug-likeness (QED) is 0.879. The maximum absolute atomic E-state index is 12.2. The highest BCUT2D eigenvalue weighted by Gasteiger charge is 2.46. The molecule has 100 valence electrons. The number of aryl methyl sites for hydroxylation is 1. The van der Waals surface area contributed by atoms with Crippen molar-refractivity contribution in [2.24, 2.45) is 0 Å². The lowest BCUT2D eigenvalue weighted by Crippen LogP contribution is -2.46. The summed E-state index contributed by atoms with van der Waals surface area (Å²) in [6.07, 6.45) is 2.34. The van der Waals surface area contributed by atoms with Gasteiger partial charge in [0.15, 0.2) is 0 Å². The van der Waals surface area contributed by atoms with Crippen LogP contribution in [0.1, 0.15) is 50.2 Å². The molecule has 1 aliphatic rings. The molecule has 1 aliphatic heterocycles. The second-order valence-electron chi connectivity index (χ2n) is 6.09. The van der Waals surface area contributed by atoms with Crippen molar-refractivity contribution in [3.05, 3.63) is 23.7 Å². The number of ether oxygens (including phenoxy) is 1. The molecular weight excluding hydrogens is 230 g/mol. The van der Waals surface area contributed by atoms with Gasteiger partial charge in [-0.1, -0.05) is 0 Å². The first-order chi connectivity index (χ1) is 8.21. The lowest BCUT2D eigenvalue weighted by Gasteiger charge is -2.27. The third-order valence-corrected chi connectivity index (χ3v) is 3.48. The number of furan rings is 1. The molecule has 4 heteroatoms. The zero-order valence-electron chi connectivity index (χ0n) is 11.7. The summed E-state index contributed by atoms with van der Waals surface area (Å²) in [5, 5.41) is 3.04. The van der Waals surface area contributed by atoms with Crippen molar-refractivity contribution in [3.8, 4) is 0 Å². The van der Waals surface area contributed by atoms with Crippen LogP contribution in [0.4, 0.5) is 0 Å². The van der Waals surface area contributed by atoms with Gasteiger partial charge in [-0.25, -0.2) is 0 Å². The summed E-state index contributed by atoms with van der Waals surface area (Å²) in [6.45, 7) is 9.90. The minimum atomic E-state index is -0.350. The first kappa shape index (κ1) is 13.1. The highest BCUT2D eigenvalue weighted by molar-refractivity contribution is 5.95. The molecule has 1 aromatic rings. The van der Waals surface area contributed by atoms with Crippen molar-refractivity contribution < 1.29 is 13.9 Å². The minimum Gasteiger partial charge on any atom is -0.469 e. The Kier molecular flexibility index (Phi) is 3.01. The standard InChI is InChI=1S/C14H21NO3/c1-9-10(6-7-17-9)12(16)15-11-8-13(2,3)18-14(11,4)5/h6-7,11H,8H2,1-5H3,(H,15,16). The summed E-state index contributed by atoms with van der Waals surface area (Å²) in [5.74, 6) is 0.545.